The molecule has 0 spiro atoms. The first-order chi connectivity index (χ1) is 6.99. The lowest BCUT2D eigenvalue weighted by atomic mass is 10.2. The van der Waals surface area contributed by atoms with Crippen LogP contribution in [0.1, 0.15) is 18.3 Å². The number of hydrogen-bond acceptors (Lipinski definition) is 2. The second-order valence-corrected chi connectivity index (χ2v) is 3.00. The zero-order valence-corrected chi connectivity index (χ0v) is 8.54. The summed E-state index contributed by atoms with van der Waals surface area (Å²) in [6, 6.07) is 4.32. The summed E-state index contributed by atoms with van der Waals surface area (Å²) in [5, 5.41) is 0. The van der Waals surface area contributed by atoms with Gasteiger partial charge in [0.05, 0.1) is 0 Å². The van der Waals surface area contributed by atoms with Gasteiger partial charge in [-0.05, 0) is 18.9 Å². The highest BCUT2D eigenvalue weighted by atomic mass is 19.3. The van der Waals surface area contributed by atoms with Crippen molar-refractivity contribution in [3.63, 3.8) is 0 Å². The SMILES string of the molecule is C=NC(=NC)c1cccc(C(C)(F)F)n1. The molecule has 1 aromatic heterocycles. The first kappa shape index (κ1) is 11.4. The Morgan fingerprint density at radius 3 is 2.60 bits per heavy atom. The van der Waals surface area contributed by atoms with Crippen molar-refractivity contribution < 1.29 is 8.78 Å². The predicted molar refractivity (Wildman–Crippen MR) is 55.8 cm³/mol. The summed E-state index contributed by atoms with van der Waals surface area (Å²) < 4.78 is 25.9. The molecule has 0 unspecified atom stereocenters. The van der Waals surface area contributed by atoms with E-state index in [-0.39, 0.29) is 11.5 Å². The van der Waals surface area contributed by atoms with E-state index in [9.17, 15) is 8.78 Å². The van der Waals surface area contributed by atoms with E-state index in [0.717, 1.165) is 6.92 Å². The largest absolute Gasteiger partial charge is 0.286 e. The molecule has 15 heavy (non-hydrogen) atoms. The van der Waals surface area contributed by atoms with Crippen molar-refractivity contribution in [1.82, 2.24) is 4.98 Å². The zero-order chi connectivity index (χ0) is 11.5. The molecule has 0 aliphatic carbocycles. The number of aliphatic imine (C=N–C) groups is 2. The van der Waals surface area contributed by atoms with E-state index in [1.165, 1.54) is 19.2 Å². The van der Waals surface area contributed by atoms with Crippen molar-refractivity contribution in [2.24, 2.45) is 9.98 Å². The van der Waals surface area contributed by atoms with Crippen LogP contribution in [0.15, 0.2) is 28.2 Å². The summed E-state index contributed by atoms with van der Waals surface area (Å²) in [6.07, 6.45) is 0. The van der Waals surface area contributed by atoms with Crippen molar-refractivity contribution in [2.75, 3.05) is 7.05 Å². The minimum Gasteiger partial charge on any atom is -0.268 e. The van der Waals surface area contributed by atoms with Crippen LogP contribution in [-0.4, -0.2) is 24.6 Å². The molecular formula is C10H11F2N3. The summed E-state index contributed by atoms with van der Waals surface area (Å²) >= 11 is 0. The third-order valence-corrected chi connectivity index (χ3v) is 1.79. The van der Waals surface area contributed by atoms with Crippen LogP contribution < -0.4 is 0 Å². The molecule has 1 heterocycles. The average Bonchev–Trinajstić information content (AvgIpc) is 2.19. The molecule has 5 heteroatoms. The summed E-state index contributed by atoms with van der Waals surface area (Å²) in [6.45, 7) is 4.09. The maximum absolute atomic E-state index is 13.0. The van der Waals surface area contributed by atoms with E-state index in [2.05, 4.69) is 21.7 Å². The molecule has 0 saturated carbocycles. The highest BCUT2D eigenvalue weighted by Crippen LogP contribution is 2.24. The van der Waals surface area contributed by atoms with Gasteiger partial charge in [-0.3, -0.25) is 4.99 Å². The molecule has 0 saturated heterocycles. The van der Waals surface area contributed by atoms with Crippen LogP contribution in [0.2, 0.25) is 0 Å². The molecule has 0 atom stereocenters. The van der Waals surface area contributed by atoms with Crippen molar-refractivity contribution in [3.05, 3.63) is 29.6 Å². The van der Waals surface area contributed by atoms with Gasteiger partial charge in [-0.15, -0.1) is 0 Å². The summed E-state index contributed by atoms with van der Waals surface area (Å²) in [4.78, 5) is 11.1. The molecule has 0 N–H and O–H groups in total. The standard InChI is InChI=1S/C10H11F2N3/c1-10(11,12)8-6-4-5-7(15-8)9(13-2)14-3/h4-6H,2H2,1,3H3. The van der Waals surface area contributed by atoms with Gasteiger partial charge < -0.3 is 0 Å². The van der Waals surface area contributed by atoms with Crippen LogP contribution in [0.4, 0.5) is 8.78 Å². The minimum atomic E-state index is -2.96. The Morgan fingerprint density at radius 1 is 1.47 bits per heavy atom. The van der Waals surface area contributed by atoms with Crippen LogP contribution in [0, 0.1) is 0 Å². The average molecular weight is 211 g/mol. The van der Waals surface area contributed by atoms with Gasteiger partial charge in [0.1, 0.15) is 11.4 Å². The van der Waals surface area contributed by atoms with Gasteiger partial charge >= 0.3 is 0 Å². The second-order valence-electron chi connectivity index (χ2n) is 3.00. The summed E-state index contributed by atoms with van der Waals surface area (Å²) in [7, 11) is 1.50. The topological polar surface area (TPSA) is 37.6 Å². The van der Waals surface area contributed by atoms with E-state index in [1.807, 2.05) is 0 Å². The molecule has 80 valence electrons. The van der Waals surface area contributed by atoms with Gasteiger partial charge in [-0.25, -0.2) is 9.98 Å². The third-order valence-electron chi connectivity index (χ3n) is 1.79. The Balaban J connectivity index is 3.19. The monoisotopic (exact) mass is 211 g/mol. The van der Waals surface area contributed by atoms with E-state index < -0.39 is 5.92 Å². The van der Waals surface area contributed by atoms with Crippen molar-refractivity contribution in [2.45, 2.75) is 12.8 Å². The van der Waals surface area contributed by atoms with E-state index in [1.54, 1.807) is 6.07 Å². The Bertz CT molecular complexity index is 394. The first-order valence-electron chi connectivity index (χ1n) is 4.28. The molecule has 0 bridgehead atoms. The van der Waals surface area contributed by atoms with Gasteiger partial charge in [-0.2, -0.15) is 8.78 Å². The second kappa shape index (κ2) is 4.25. The maximum atomic E-state index is 13.0. The van der Waals surface area contributed by atoms with E-state index in [4.69, 9.17) is 0 Å². The summed E-state index contributed by atoms with van der Waals surface area (Å²) in [5.41, 5.74) is -0.00340. The fourth-order valence-corrected chi connectivity index (χ4v) is 1.07. The van der Waals surface area contributed by atoms with Crippen molar-refractivity contribution in [3.8, 4) is 0 Å². The number of rotatable bonds is 2. The molecule has 0 aliphatic heterocycles. The van der Waals surface area contributed by atoms with Crippen molar-refractivity contribution in [1.29, 1.82) is 0 Å². The number of amidine groups is 1. The van der Waals surface area contributed by atoms with Crippen molar-refractivity contribution >= 4 is 12.6 Å². The van der Waals surface area contributed by atoms with Gasteiger partial charge in [0.15, 0.2) is 5.84 Å². The number of halogens is 2. The highest BCUT2D eigenvalue weighted by Gasteiger charge is 2.26. The Hall–Kier alpha value is -1.65. The lowest BCUT2D eigenvalue weighted by Crippen LogP contribution is -2.12. The fourth-order valence-electron chi connectivity index (χ4n) is 1.07. The van der Waals surface area contributed by atoms with Crippen LogP contribution in [0.5, 0.6) is 0 Å². The lowest BCUT2D eigenvalue weighted by molar-refractivity contribution is 0.0127. The minimum absolute atomic E-state index is 0.251. The smallest absolute Gasteiger partial charge is 0.268 e. The predicted octanol–water partition coefficient (Wildman–Crippen LogP) is 2.27. The molecule has 3 nitrogen and oxygen atoms in total. The van der Waals surface area contributed by atoms with Gasteiger partial charge in [0.25, 0.3) is 5.92 Å². The normalized spacial score (nSPS) is 12.7. The Labute approximate surface area is 86.6 Å². The zero-order valence-electron chi connectivity index (χ0n) is 8.54. The van der Waals surface area contributed by atoms with E-state index >= 15 is 0 Å². The molecular weight excluding hydrogens is 200 g/mol. The molecule has 0 aliphatic rings. The molecule has 0 aromatic carbocycles. The summed E-state index contributed by atoms with van der Waals surface area (Å²) in [5.74, 6) is -2.71. The van der Waals surface area contributed by atoms with E-state index in [0.29, 0.717) is 5.69 Å². The molecule has 0 radical (unpaired) electrons. The molecule has 0 fully saturated rings. The fraction of sp³-hybridized carbons (Fsp3) is 0.300. The van der Waals surface area contributed by atoms with Gasteiger partial charge in [0, 0.05) is 14.0 Å². The highest BCUT2D eigenvalue weighted by molar-refractivity contribution is 5.99. The maximum Gasteiger partial charge on any atom is 0.286 e. The van der Waals surface area contributed by atoms with Crippen LogP contribution in [0.3, 0.4) is 0 Å². The molecule has 1 rings (SSSR count). The number of nitrogens with zero attached hydrogens (tertiary/aromatic N) is 3. The number of pyridine rings is 1. The molecule has 1 aromatic rings. The molecule has 0 amide bonds. The lowest BCUT2D eigenvalue weighted by Gasteiger charge is -2.10. The number of aromatic nitrogens is 1. The number of alkyl halides is 2. The van der Waals surface area contributed by atoms with Gasteiger partial charge in [0.2, 0.25) is 0 Å². The van der Waals surface area contributed by atoms with Crippen LogP contribution in [-0.2, 0) is 5.92 Å². The van der Waals surface area contributed by atoms with Crippen LogP contribution in [0.25, 0.3) is 0 Å². The van der Waals surface area contributed by atoms with Crippen LogP contribution >= 0.6 is 0 Å². The first-order valence-corrected chi connectivity index (χ1v) is 4.28. The Morgan fingerprint density at radius 2 is 2.13 bits per heavy atom. The number of hydrogen-bond donors (Lipinski definition) is 0. The quantitative estimate of drug-likeness (QED) is 0.546. The Kier molecular flexibility index (Phi) is 3.24. The third kappa shape index (κ3) is 2.65. The van der Waals surface area contributed by atoms with Gasteiger partial charge in [-0.1, -0.05) is 6.07 Å².